The van der Waals surface area contributed by atoms with E-state index >= 15 is 0 Å². The first-order valence-electron chi connectivity index (χ1n) is 5.49. The zero-order valence-electron chi connectivity index (χ0n) is 9.50. The number of benzene rings is 1. The predicted molar refractivity (Wildman–Crippen MR) is 73.6 cm³/mol. The summed E-state index contributed by atoms with van der Waals surface area (Å²) in [5.74, 6) is -1.74. The average Bonchev–Trinajstić information content (AvgIpc) is 2.86. The highest BCUT2D eigenvalue weighted by molar-refractivity contribution is 9.10. The summed E-state index contributed by atoms with van der Waals surface area (Å²) in [6.45, 7) is 0. The van der Waals surface area contributed by atoms with Crippen LogP contribution in [-0.2, 0) is 6.42 Å². The normalized spacial score (nSPS) is 12.7. The molecule has 0 spiro atoms. The first-order chi connectivity index (χ1) is 8.59. The molecule has 1 atom stereocenters. The Balaban J connectivity index is 2.09. The van der Waals surface area contributed by atoms with Crippen LogP contribution in [0, 0.1) is 11.6 Å². The number of hydrogen-bond donors (Lipinski definition) is 1. The number of rotatable bonds is 4. The van der Waals surface area contributed by atoms with Crippen molar-refractivity contribution in [3.8, 4) is 0 Å². The second kappa shape index (κ2) is 5.91. The van der Waals surface area contributed by atoms with Crippen molar-refractivity contribution in [2.45, 2.75) is 18.9 Å². The van der Waals surface area contributed by atoms with Crippen LogP contribution in [0.2, 0.25) is 0 Å². The molecule has 2 N–H and O–H groups in total. The standard InChI is InChI=1S/C13H12BrF2NS/c14-12-9(2-3-10(15)13(12)16)11(17)4-1-8-5-6-18-7-8/h2-3,5-7,11H,1,4,17H2. The largest absolute Gasteiger partial charge is 0.324 e. The third-order valence-electron chi connectivity index (χ3n) is 2.79. The summed E-state index contributed by atoms with van der Waals surface area (Å²) in [7, 11) is 0. The Morgan fingerprint density at radius 1 is 1.28 bits per heavy atom. The molecule has 1 unspecified atom stereocenters. The molecule has 1 nitrogen and oxygen atoms in total. The zero-order chi connectivity index (χ0) is 13.1. The average molecular weight is 332 g/mol. The van der Waals surface area contributed by atoms with Crippen molar-refractivity contribution in [1.82, 2.24) is 0 Å². The monoisotopic (exact) mass is 331 g/mol. The first-order valence-corrected chi connectivity index (χ1v) is 7.23. The highest BCUT2D eigenvalue weighted by atomic mass is 79.9. The molecule has 1 heterocycles. The van der Waals surface area contributed by atoms with E-state index in [1.54, 1.807) is 11.3 Å². The summed E-state index contributed by atoms with van der Waals surface area (Å²) in [6.07, 6.45) is 1.52. The lowest BCUT2D eigenvalue weighted by Crippen LogP contribution is -2.13. The Labute approximate surface area is 117 Å². The molecular weight excluding hydrogens is 320 g/mol. The number of nitrogens with two attached hydrogens (primary N) is 1. The summed E-state index contributed by atoms with van der Waals surface area (Å²) in [5, 5.41) is 4.07. The van der Waals surface area contributed by atoms with Crippen LogP contribution in [0.4, 0.5) is 8.78 Å². The van der Waals surface area contributed by atoms with Gasteiger partial charge in [0.05, 0.1) is 4.47 Å². The van der Waals surface area contributed by atoms with Crippen LogP contribution in [0.25, 0.3) is 0 Å². The van der Waals surface area contributed by atoms with Gasteiger partial charge in [-0.05, 0) is 62.8 Å². The van der Waals surface area contributed by atoms with Gasteiger partial charge in [0.1, 0.15) is 0 Å². The molecule has 18 heavy (non-hydrogen) atoms. The van der Waals surface area contributed by atoms with Crippen LogP contribution in [0.5, 0.6) is 0 Å². The van der Waals surface area contributed by atoms with Crippen molar-refractivity contribution in [3.63, 3.8) is 0 Å². The van der Waals surface area contributed by atoms with E-state index in [0.717, 1.165) is 12.5 Å². The summed E-state index contributed by atoms with van der Waals surface area (Å²) < 4.78 is 26.5. The molecule has 0 radical (unpaired) electrons. The minimum Gasteiger partial charge on any atom is -0.324 e. The van der Waals surface area contributed by atoms with Crippen LogP contribution >= 0.6 is 27.3 Å². The lowest BCUT2D eigenvalue weighted by Gasteiger charge is -2.14. The number of aryl methyl sites for hydroxylation is 1. The zero-order valence-corrected chi connectivity index (χ0v) is 11.9. The van der Waals surface area contributed by atoms with Crippen molar-refractivity contribution in [1.29, 1.82) is 0 Å². The topological polar surface area (TPSA) is 26.0 Å². The van der Waals surface area contributed by atoms with E-state index in [9.17, 15) is 8.78 Å². The predicted octanol–water partition coefficient (Wildman–Crippen LogP) is 4.42. The summed E-state index contributed by atoms with van der Waals surface area (Å²) in [5.41, 5.74) is 7.83. The molecule has 0 aliphatic carbocycles. The SMILES string of the molecule is NC(CCc1ccsc1)c1ccc(F)c(F)c1Br. The number of thiophene rings is 1. The fraction of sp³-hybridized carbons (Fsp3) is 0.231. The van der Waals surface area contributed by atoms with Gasteiger partial charge in [0.25, 0.3) is 0 Å². The Morgan fingerprint density at radius 2 is 2.06 bits per heavy atom. The van der Waals surface area contributed by atoms with Crippen LogP contribution in [0.1, 0.15) is 23.6 Å². The Hall–Kier alpha value is -0.780. The maximum Gasteiger partial charge on any atom is 0.173 e. The van der Waals surface area contributed by atoms with E-state index < -0.39 is 11.6 Å². The molecule has 0 saturated carbocycles. The quantitative estimate of drug-likeness (QED) is 0.824. The van der Waals surface area contributed by atoms with Gasteiger partial charge in [-0.15, -0.1) is 0 Å². The van der Waals surface area contributed by atoms with Gasteiger partial charge in [-0.2, -0.15) is 11.3 Å². The van der Waals surface area contributed by atoms with Crippen LogP contribution in [-0.4, -0.2) is 0 Å². The van der Waals surface area contributed by atoms with Gasteiger partial charge in [0.15, 0.2) is 11.6 Å². The van der Waals surface area contributed by atoms with Gasteiger partial charge < -0.3 is 5.73 Å². The first kappa shape index (κ1) is 13.6. The van der Waals surface area contributed by atoms with Gasteiger partial charge in [0, 0.05) is 6.04 Å². The molecule has 1 aromatic carbocycles. The molecule has 2 aromatic rings. The van der Waals surface area contributed by atoms with Gasteiger partial charge in [-0.3, -0.25) is 0 Å². The molecule has 0 fully saturated rings. The van der Waals surface area contributed by atoms with Crippen molar-refractivity contribution in [3.05, 3.63) is 56.2 Å². The molecule has 2 rings (SSSR count). The van der Waals surface area contributed by atoms with Gasteiger partial charge in [0.2, 0.25) is 0 Å². The van der Waals surface area contributed by atoms with Crippen molar-refractivity contribution in [2.75, 3.05) is 0 Å². The van der Waals surface area contributed by atoms with Crippen molar-refractivity contribution >= 4 is 27.3 Å². The van der Waals surface area contributed by atoms with E-state index in [1.165, 1.54) is 11.6 Å². The fourth-order valence-corrected chi connectivity index (χ4v) is 3.06. The Morgan fingerprint density at radius 3 is 2.72 bits per heavy atom. The molecule has 0 aliphatic heterocycles. The van der Waals surface area contributed by atoms with E-state index in [4.69, 9.17) is 5.73 Å². The van der Waals surface area contributed by atoms with Gasteiger partial charge >= 0.3 is 0 Å². The highest BCUT2D eigenvalue weighted by Gasteiger charge is 2.16. The second-order valence-electron chi connectivity index (χ2n) is 4.04. The third-order valence-corrected chi connectivity index (χ3v) is 4.33. The van der Waals surface area contributed by atoms with Crippen LogP contribution in [0.15, 0.2) is 33.4 Å². The van der Waals surface area contributed by atoms with E-state index in [2.05, 4.69) is 21.3 Å². The third kappa shape index (κ3) is 2.96. The van der Waals surface area contributed by atoms with Crippen LogP contribution < -0.4 is 5.73 Å². The van der Waals surface area contributed by atoms with Crippen molar-refractivity contribution < 1.29 is 8.78 Å². The van der Waals surface area contributed by atoms with Crippen LogP contribution in [0.3, 0.4) is 0 Å². The van der Waals surface area contributed by atoms with E-state index in [-0.39, 0.29) is 10.5 Å². The Bertz CT molecular complexity index is 528. The van der Waals surface area contributed by atoms with E-state index in [0.29, 0.717) is 12.0 Å². The molecule has 0 amide bonds. The smallest absolute Gasteiger partial charge is 0.173 e. The fourth-order valence-electron chi connectivity index (χ4n) is 1.74. The molecule has 0 bridgehead atoms. The molecule has 1 aromatic heterocycles. The molecule has 96 valence electrons. The second-order valence-corrected chi connectivity index (χ2v) is 5.61. The minimum absolute atomic E-state index is 0.125. The maximum absolute atomic E-state index is 13.4. The summed E-state index contributed by atoms with van der Waals surface area (Å²) in [4.78, 5) is 0. The Kier molecular flexibility index (Phi) is 4.48. The molecule has 0 aliphatic rings. The number of halogens is 3. The van der Waals surface area contributed by atoms with Gasteiger partial charge in [-0.1, -0.05) is 6.07 Å². The van der Waals surface area contributed by atoms with Crippen molar-refractivity contribution in [2.24, 2.45) is 5.73 Å². The van der Waals surface area contributed by atoms with Gasteiger partial charge in [-0.25, -0.2) is 8.78 Å². The highest BCUT2D eigenvalue weighted by Crippen LogP contribution is 2.29. The summed E-state index contributed by atoms with van der Waals surface area (Å²) in [6, 6.07) is 4.37. The lowest BCUT2D eigenvalue weighted by atomic mass is 10.0. The molecule has 0 saturated heterocycles. The minimum atomic E-state index is -0.876. The van der Waals surface area contributed by atoms with E-state index in [1.807, 2.05) is 11.4 Å². The molecule has 5 heteroatoms. The lowest BCUT2D eigenvalue weighted by molar-refractivity contribution is 0.498. The maximum atomic E-state index is 13.4. The summed E-state index contributed by atoms with van der Waals surface area (Å²) >= 11 is 4.69. The molecular formula is C13H12BrF2NS. The number of hydrogen-bond acceptors (Lipinski definition) is 2.